The Kier molecular flexibility index (Phi) is 11.5. The van der Waals surface area contributed by atoms with Crippen LogP contribution in [0.4, 0.5) is 32.2 Å². The number of hydrogen-bond donors (Lipinski definition) is 2. The molecule has 4 amide bonds. The van der Waals surface area contributed by atoms with Crippen LogP contribution in [0, 0.1) is 18.7 Å². The molecule has 0 saturated carbocycles. The molecule has 15 nitrogen and oxygen atoms in total. The van der Waals surface area contributed by atoms with Crippen LogP contribution in [0.5, 0.6) is 5.88 Å². The van der Waals surface area contributed by atoms with Crippen LogP contribution in [0.25, 0.3) is 0 Å². The van der Waals surface area contributed by atoms with Crippen LogP contribution in [-0.2, 0) is 51.6 Å². The monoisotopic (exact) mass is 859 g/mol. The number of pyridine rings is 1. The maximum Gasteiger partial charge on any atom is 0.415 e. The Labute approximate surface area is 366 Å². The predicted octanol–water partition coefficient (Wildman–Crippen LogP) is 6.08. The lowest BCUT2D eigenvalue weighted by molar-refractivity contribution is -0.134. The molecule has 9 rings (SSSR count). The Morgan fingerprint density at radius 1 is 0.937 bits per heavy atom. The molecule has 0 bridgehead atoms. The van der Waals surface area contributed by atoms with Crippen LogP contribution in [0.1, 0.15) is 91.4 Å². The minimum Gasteiger partial charge on any atom is -0.474 e. The van der Waals surface area contributed by atoms with Crippen molar-refractivity contribution in [2.75, 3.05) is 54.4 Å². The van der Waals surface area contributed by atoms with Crippen LogP contribution in [0.15, 0.2) is 48.8 Å². The zero-order valence-electron chi connectivity index (χ0n) is 36.3. The van der Waals surface area contributed by atoms with E-state index in [1.807, 2.05) is 38.7 Å². The van der Waals surface area contributed by atoms with Gasteiger partial charge in [0.25, 0.3) is 0 Å². The number of halogens is 1. The number of hydrogen-bond acceptors (Lipinski definition) is 12. The lowest BCUT2D eigenvalue weighted by atomic mass is 9.89. The first kappa shape index (κ1) is 42.2. The van der Waals surface area contributed by atoms with Gasteiger partial charge >= 0.3 is 6.09 Å². The van der Waals surface area contributed by atoms with Crippen molar-refractivity contribution in [1.82, 2.24) is 30.1 Å². The SMILES string of the molecule is Cc1c(N2CCc3cnc(Nc4ccc(CC(=O)N5CCC(CN6Cc7ccc(C8CCC(=O)NC8=O)cc7C6)CC5)c(F)c4)nc3C2)cnc2c1N(C(=O)OC(C)(C)C)CCO2. The first-order valence-corrected chi connectivity index (χ1v) is 22.0. The third-order valence-electron chi connectivity index (χ3n) is 12.8. The second kappa shape index (κ2) is 17.2. The molecule has 16 heteroatoms. The van der Waals surface area contributed by atoms with E-state index in [1.165, 1.54) is 17.2 Å². The standard InChI is InChI=1S/C47H54FN9O6/c1-28-39(23-49-44-42(28)57(17-18-62-44)46(61)63-47(2,3)4)56-16-13-32-22-50-45(52-38(32)27-56)51-35-8-7-31(37(48)21-35)20-41(59)55-14-11-29(12-15-55)24-54-25-33-6-5-30(19-34(33)26-54)36-9-10-40(58)53-43(36)60/h5-8,19,21-23,29,36H,9-18,20,24-27H2,1-4H3,(H,50,51,52)(H,53,58,60). The molecular formula is C47H54FN9O6. The van der Waals surface area contributed by atoms with E-state index in [1.54, 1.807) is 29.4 Å². The third-order valence-corrected chi connectivity index (χ3v) is 12.8. The number of carbonyl (C=O) groups is 4. The lowest BCUT2D eigenvalue weighted by Crippen LogP contribution is -2.42. The molecule has 0 spiro atoms. The fourth-order valence-corrected chi connectivity index (χ4v) is 9.46. The van der Waals surface area contributed by atoms with Gasteiger partial charge < -0.3 is 24.6 Å². The molecular weight excluding hydrogens is 806 g/mol. The van der Waals surface area contributed by atoms with Gasteiger partial charge in [0.2, 0.25) is 29.5 Å². The number of carbonyl (C=O) groups excluding carboxylic acids is 4. The van der Waals surface area contributed by atoms with Gasteiger partial charge in [0.15, 0.2) is 0 Å². The highest BCUT2D eigenvalue weighted by Crippen LogP contribution is 2.40. The Morgan fingerprint density at radius 2 is 1.75 bits per heavy atom. The number of ether oxygens (including phenoxy) is 2. The zero-order chi connectivity index (χ0) is 44.0. The van der Waals surface area contributed by atoms with Gasteiger partial charge in [0.1, 0.15) is 23.7 Å². The third kappa shape index (κ3) is 9.17. The van der Waals surface area contributed by atoms with E-state index in [2.05, 4.69) is 42.5 Å². The van der Waals surface area contributed by atoms with Gasteiger partial charge in [0.05, 0.1) is 43.0 Å². The zero-order valence-corrected chi connectivity index (χ0v) is 36.3. The number of fused-ring (bicyclic) bond motifs is 3. The maximum absolute atomic E-state index is 15.5. The van der Waals surface area contributed by atoms with Crippen molar-refractivity contribution in [1.29, 1.82) is 0 Å². The largest absolute Gasteiger partial charge is 0.474 e. The molecule has 0 radical (unpaired) electrons. The molecule has 2 aromatic heterocycles. The summed E-state index contributed by atoms with van der Waals surface area (Å²) in [6.07, 6.45) is 6.49. The molecule has 5 aliphatic rings. The summed E-state index contributed by atoms with van der Waals surface area (Å²) in [6.45, 7) is 13.2. The van der Waals surface area contributed by atoms with Crippen molar-refractivity contribution in [3.05, 3.63) is 93.7 Å². The second-order valence-electron chi connectivity index (χ2n) is 18.4. The van der Waals surface area contributed by atoms with Crippen molar-refractivity contribution in [3.63, 3.8) is 0 Å². The lowest BCUT2D eigenvalue weighted by Gasteiger charge is -2.35. The highest BCUT2D eigenvalue weighted by atomic mass is 19.1. The van der Waals surface area contributed by atoms with Gasteiger partial charge in [-0.3, -0.25) is 29.5 Å². The predicted molar refractivity (Wildman–Crippen MR) is 233 cm³/mol. The normalized spacial score (nSPS) is 19.2. The number of nitrogens with one attached hydrogen (secondary N) is 2. The Morgan fingerprint density at radius 3 is 2.52 bits per heavy atom. The van der Waals surface area contributed by atoms with Crippen LogP contribution >= 0.6 is 0 Å². The van der Waals surface area contributed by atoms with Crippen LogP contribution in [0.3, 0.4) is 0 Å². The summed E-state index contributed by atoms with van der Waals surface area (Å²) < 4.78 is 27.1. The highest BCUT2D eigenvalue weighted by Gasteiger charge is 2.34. The Balaban J connectivity index is 0.770. The topological polar surface area (TPSA) is 162 Å². The molecule has 1 unspecified atom stereocenters. The number of imide groups is 1. The Bertz CT molecular complexity index is 2470. The van der Waals surface area contributed by atoms with Gasteiger partial charge in [0, 0.05) is 63.1 Å². The van der Waals surface area contributed by atoms with Gasteiger partial charge in [-0.2, -0.15) is 0 Å². The molecule has 330 valence electrons. The summed E-state index contributed by atoms with van der Waals surface area (Å²) in [4.78, 5) is 72.6. The number of rotatable bonds is 8. The van der Waals surface area contributed by atoms with Gasteiger partial charge in [-0.1, -0.05) is 24.3 Å². The van der Waals surface area contributed by atoms with Crippen LogP contribution < -0.4 is 25.2 Å². The second-order valence-corrected chi connectivity index (χ2v) is 18.4. The summed E-state index contributed by atoms with van der Waals surface area (Å²) >= 11 is 0. The fraction of sp³-hybridized carbons (Fsp3) is 0.468. The Hall–Kier alpha value is -6.16. The molecule has 2 saturated heterocycles. The van der Waals surface area contributed by atoms with Gasteiger partial charge in [-0.05, 0) is 99.2 Å². The smallest absolute Gasteiger partial charge is 0.415 e. The molecule has 2 N–H and O–H groups in total. The summed E-state index contributed by atoms with van der Waals surface area (Å²) in [6, 6.07) is 11.0. The molecule has 2 aromatic carbocycles. The molecule has 5 aliphatic heterocycles. The molecule has 1 atom stereocenters. The molecule has 7 heterocycles. The van der Waals surface area contributed by atoms with E-state index in [0.717, 1.165) is 60.5 Å². The van der Waals surface area contributed by atoms with Gasteiger partial charge in [-0.15, -0.1) is 0 Å². The van der Waals surface area contributed by atoms with E-state index in [4.69, 9.17) is 14.5 Å². The number of benzene rings is 2. The number of nitrogens with zero attached hydrogens (tertiary/aromatic N) is 7. The summed E-state index contributed by atoms with van der Waals surface area (Å²) in [5, 5.41) is 5.62. The minimum absolute atomic E-state index is 0.0163. The van der Waals surface area contributed by atoms with Crippen molar-refractivity contribution >= 4 is 46.8 Å². The van der Waals surface area contributed by atoms with E-state index in [0.29, 0.717) is 93.3 Å². The van der Waals surface area contributed by atoms with Crippen molar-refractivity contribution < 1.29 is 33.0 Å². The van der Waals surface area contributed by atoms with E-state index in [-0.39, 0.29) is 30.1 Å². The first-order chi connectivity index (χ1) is 30.2. The maximum atomic E-state index is 15.5. The van der Waals surface area contributed by atoms with E-state index >= 15 is 4.39 Å². The molecule has 0 aliphatic carbocycles. The molecule has 4 aromatic rings. The highest BCUT2D eigenvalue weighted by molar-refractivity contribution is 6.01. The summed E-state index contributed by atoms with van der Waals surface area (Å²) in [5.74, 6) is -0.0769. The number of amides is 4. The number of aromatic nitrogens is 3. The van der Waals surface area contributed by atoms with E-state index in [9.17, 15) is 19.2 Å². The average molecular weight is 860 g/mol. The molecule has 63 heavy (non-hydrogen) atoms. The van der Waals surface area contributed by atoms with Crippen LogP contribution in [-0.4, -0.2) is 93.5 Å². The fourth-order valence-electron chi connectivity index (χ4n) is 9.46. The van der Waals surface area contributed by atoms with Gasteiger partial charge in [-0.25, -0.2) is 24.1 Å². The van der Waals surface area contributed by atoms with Crippen molar-refractivity contribution in [2.24, 2.45) is 5.92 Å². The molecule has 2 fully saturated rings. The summed E-state index contributed by atoms with van der Waals surface area (Å²) in [7, 11) is 0. The van der Waals surface area contributed by atoms with E-state index < -0.39 is 17.5 Å². The average Bonchev–Trinajstić information content (AvgIpc) is 3.65. The van der Waals surface area contributed by atoms with Crippen molar-refractivity contribution in [2.45, 2.75) is 97.4 Å². The number of anilines is 4. The summed E-state index contributed by atoms with van der Waals surface area (Å²) in [5.41, 5.74) is 7.81. The number of likely N-dealkylation sites (tertiary alicyclic amines) is 1. The quantitative estimate of drug-likeness (QED) is 0.197. The number of piperidine rings is 2. The minimum atomic E-state index is -0.648. The van der Waals surface area contributed by atoms with Crippen molar-refractivity contribution in [3.8, 4) is 5.88 Å². The first-order valence-electron chi connectivity index (χ1n) is 22.0. The van der Waals surface area contributed by atoms with Crippen LogP contribution in [0.2, 0.25) is 0 Å².